The third-order valence-electron chi connectivity index (χ3n) is 4.09. The molecule has 0 radical (unpaired) electrons. The maximum absolute atomic E-state index is 12.4. The van der Waals surface area contributed by atoms with Crippen molar-refractivity contribution < 1.29 is 18.3 Å². The lowest BCUT2D eigenvalue weighted by molar-refractivity contribution is 0.0915. The maximum atomic E-state index is 12.4. The van der Waals surface area contributed by atoms with Gasteiger partial charge in [-0.1, -0.05) is 12.5 Å². The molecule has 21 heavy (non-hydrogen) atoms. The molecule has 0 saturated heterocycles. The predicted molar refractivity (Wildman–Crippen MR) is 80.0 cm³/mol. The molecule has 1 aromatic rings. The summed E-state index contributed by atoms with van der Waals surface area (Å²) in [6.45, 7) is 1.84. The van der Waals surface area contributed by atoms with Crippen molar-refractivity contribution in [3.8, 4) is 0 Å². The van der Waals surface area contributed by atoms with E-state index in [1.54, 1.807) is 13.0 Å². The number of aliphatic hydroxyl groups excluding tert-OH is 1. The molecule has 1 aliphatic rings. The minimum atomic E-state index is -3.34. The van der Waals surface area contributed by atoms with Crippen molar-refractivity contribution in [2.45, 2.75) is 37.1 Å². The first-order valence-electron chi connectivity index (χ1n) is 7.05. The molecule has 0 spiro atoms. The van der Waals surface area contributed by atoms with E-state index in [-0.39, 0.29) is 29.4 Å². The largest absolute Gasteiger partial charge is 0.396 e. The fourth-order valence-corrected chi connectivity index (χ4v) is 3.42. The van der Waals surface area contributed by atoms with Gasteiger partial charge in [0.1, 0.15) is 0 Å². The van der Waals surface area contributed by atoms with Crippen LogP contribution in [-0.4, -0.2) is 38.3 Å². The molecule has 2 atom stereocenters. The summed E-state index contributed by atoms with van der Waals surface area (Å²) >= 11 is 0. The van der Waals surface area contributed by atoms with Crippen molar-refractivity contribution in [3.05, 3.63) is 29.3 Å². The lowest BCUT2D eigenvalue weighted by atomic mass is 10.0. The van der Waals surface area contributed by atoms with Gasteiger partial charge in [-0.3, -0.25) is 4.79 Å². The number of carbonyl (C=O) groups excluding carboxylic acids is 1. The highest BCUT2D eigenvalue weighted by atomic mass is 32.2. The van der Waals surface area contributed by atoms with E-state index >= 15 is 0 Å². The smallest absolute Gasteiger partial charge is 0.251 e. The number of hydrogen-bond acceptors (Lipinski definition) is 4. The first kappa shape index (κ1) is 16.0. The van der Waals surface area contributed by atoms with Gasteiger partial charge >= 0.3 is 0 Å². The second kappa shape index (κ2) is 6.15. The first-order valence-corrected chi connectivity index (χ1v) is 8.94. The van der Waals surface area contributed by atoms with E-state index in [1.807, 2.05) is 0 Å². The number of nitrogens with one attached hydrogen (secondary N) is 1. The zero-order valence-electron chi connectivity index (χ0n) is 12.3. The molecule has 6 heteroatoms. The number of aliphatic hydroxyl groups is 1. The van der Waals surface area contributed by atoms with Crippen LogP contribution in [0.1, 0.15) is 35.2 Å². The number of carbonyl (C=O) groups is 1. The van der Waals surface area contributed by atoms with E-state index in [0.29, 0.717) is 5.56 Å². The Morgan fingerprint density at radius 1 is 1.38 bits per heavy atom. The van der Waals surface area contributed by atoms with E-state index in [1.165, 1.54) is 12.1 Å². The topological polar surface area (TPSA) is 83.5 Å². The van der Waals surface area contributed by atoms with Gasteiger partial charge in [-0.05, 0) is 37.5 Å². The second-order valence-corrected chi connectivity index (χ2v) is 7.72. The van der Waals surface area contributed by atoms with E-state index in [4.69, 9.17) is 0 Å². The first-order chi connectivity index (χ1) is 9.82. The zero-order chi connectivity index (χ0) is 15.6. The van der Waals surface area contributed by atoms with Crippen LogP contribution in [0.5, 0.6) is 0 Å². The minimum Gasteiger partial charge on any atom is -0.396 e. The van der Waals surface area contributed by atoms with Crippen LogP contribution in [0.4, 0.5) is 0 Å². The lowest BCUT2D eigenvalue weighted by Gasteiger charge is -2.19. The average Bonchev–Trinajstić information content (AvgIpc) is 2.84. The number of amides is 1. The van der Waals surface area contributed by atoms with E-state index in [2.05, 4.69) is 5.32 Å². The lowest BCUT2D eigenvalue weighted by Crippen LogP contribution is -2.38. The van der Waals surface area contributed by atoms with Gasteiger partial charge < -0.3 is 10.4 Å². The Morgan fingerprint density at radius 2 is 2.10 bits per heavy atom. The van der Waals surface area contributed by atoms with Crippen molar-refractivity contribution in [2.24, 2.45) is 5.92 Å². The number of rotatable bonds is 4. The summed E-state index contributed by atoms with van der Waals surface area (Å²) in [5.74, 6) is -0.185. The fourth-order valence-electron chi connectivity index (χ4n) is 2.77. The summed E-state index contributed by atoms with van der Waals surface area (Å²) in [4.78, 5) is 12.5. The highest BCUT2D eigenvalue weighted by molar-refractivity contribution is 7.90. The predicted octanol–water partition coefficient (Wildman–Crippen LogP) is 1.29. The van der Waals surface area contributed by atoms with E-state index in [0.717, 1.165) is 31.1 Å². The third kappa shape index (κ3) is 3.63. The standard InChI is InChI=1S/C15H21NO4S/c1-10-6-7-12(21(2,19)20)8-13(10)15(18)16-14-5-3-4-11(14)9-17/h6-8,11,14,17H,3-5,9H2,1-2H3,(H,16,18). The Hall–Kier alpha value is -1.40. The molecule has 116 valence electrons. The monoisotopic (exact) mass is 311 g/mol. The van der Waals surface area contributed by atoms with Crippen molar-refractivity contribution in [3.63, 3.8) is 0 Å². The molecule has 1 fully saturated rings. The zero-order valence-corrected chi connectivity index (χ0v) is 13.1. The molecule has 1 aromatic carbocycles. The van der Waals surface area contributed by atoms with Crippen LogP contribution in [0, 0.1) is 12.8 Å². The number of sulfone groups is 1. The second-order valence-electron chi connectivity index (χ2n) is 5.70. The van der Waals surface area contributed by atoms with Crippen LogP contribution >= 0.6 is 0 Å². The highest BCUT2D eigenvalue weighted by Gasteiger charge is 2.28. The van der Waals surface area contributed by atoms with E-state index < -0.39 is 9.84 Å². The molecule has 1 aliphatic carbocycles. The van der Waals surface area contributed by atoms with Crippen LogP contribution < -0.4 is 5.32 Å². The van der Waals surface area contributed by atoms with Crippen molar-refractivity contribution >= 4 is 15.7 Å². The van der Waals surface area contributed by atoms with Gasteiger partial charge in [-0.15, -0.1) is 0 Å². The van der Waals surface area contributed by atoms with Gasteiger partial charge in [0.2, 0.25) is 0 Å². The van der Waals surface area contributed by atoms with Gasteiger partial charge in [0.15, 0.2) is 9.84 Å². The Kier molecular flexibility index (Phi) is 4.68. The molecule has 2 unspecified atom stereocenters. The van der Waals surface area contributed by atoms with Crippen LogP contribution in [0.2, 0.25) is 0 Å². The van der Waals surface area contributed by atoms with Gasteiger partial charge in [-0.2, -0.15) is 0 Å². The summed E-state index contributed by atoms with van der Waals surface area (Å²) < 4.78 is 23.2. The van der Waals surface area contributed by atoms with Gasteiger partial charge in [0.05, 0.1) is 4.90 Å². The number of benzene rings is 1. The minimum absolute atomic E-state index is 0.0382. The van der Waals surface area contributed by atoms with Crippen molar-refractivity contribution in [1.29, 1.82) is 0 Å². The molecule has 0 aromatic heterocycles. The van der Waals surface area contributed by atoms with Crippen LogP contribution in [0.25, 0.3) is 0 Å². The van der Waals surface area contributed by atoms with Crippen molar-refractivity contribution in [2.75, 3.05) is 12.9 Å². The molecule has 0 bridgehead atoms. The maximum Gasteiger partial charge on any atom is 0.251 e. The Labute approximate surface area is 125 Å². The third-order valence-corrected chi connectivity index (χ3v) is 5.20. The Morgan fingerprint density at radius 3 is 2.71 bits per heavy atom. The molecule has 1 amide bonds. The molecule has 5 nitrogen and oxygen atoms in total. The summed E-state index contributed by atoms with van der Waals surface area (Å²) in [6, 6.07) is 4.53. The SMILES string of the molecule is Cc1ccc(S(C)(=O)=O)cc1C(=O)NC1CCCC1CO. The highest BCUT2D eigenvalue weighted by Crippen LogP contribution is 2.25. The fraction of sp³-hybridized carbons (Fsp3) is 0.533. The molecule has 0 aliphatic heterocycles. The van der Waals surface area contributed by atoms with Crippen molar-refractivity contribution in [1.82, 2.24) is 5.32 Å². The summed E-state index contributed by atoms with van der Waals surface area (Å²) in [7, 11) is -3.34. The summed E-state index contributed by atoms with van der Waals surface area (Å²) in [6.07, 6.45) is 3.86. The van der Waals surface area contributed by atoms with Gasteiger partial charge in [0, 0.05) is 30.4 Å². The molecule has 2 rings (SSSR count). The number of aryl methyl sites for hydroxylation is 1. The molecule has 1 saturated carbocycles. The number of hydrogen-bond donors (Lipinski definition) is 2. The Balaban J connectivity index is 2.23. The molecular formula is C15H21NO4S. The normalized spacial score (nSPS) is 22.2. The van der Waals surface area contributed by atoms with Gasteiger partial charge in [0.25, 0.3) is 5.91 Å². The average molecular weight is 311 g/mol. The van der Waals surface area contributed by atoms with Crippen LogP contribution in [-0.2, 0) is 9.84 Å². The quantitative estimate of drug-likeness (QED) is 0.877. The van der Waals surface area contributed by atoms with Crippen LogP contribution in [0.15, 0.2) is 23.1 Å². The summed E-state index contributed by atoms with van der Waals surface area (Å²) in [5.41, 5.74) is 1.11. The molecular weight excluding hydrogens is 290 g/mol. The Bertz CT molecular complexity index is 639. The molecule has 0 heterocycles. The molecule has 2 N–H and O–H groups in total. The van der Waals surface area contributed by atoms with E-state index in [9.17, 15) is 18.3 Å². The summed E-state index contributed by atoms with van der Waals surface area (Å²) in [5, 5.41) is 12.2. The van der Waals surface area contributed by atoms with Crippen LogP contribution in [0.3, 0.4) is 0 Å². The van der Waals surface area contributed by atoms with Gasteiger partial charge in [-0.25, -0.2) is 8.42 Å².